The van der Waals surface area contributed by atoms with Gasteiger partial charge in [-0.1, -0.05) is 23.7 Å². The molecule has 3 aromatic rings. The number of aromatic nitrogens is 2. The molecule has 35 heavy (non-hydrogen) atoms. The normalized spacial score (nSPS) is 16.3. The number of nitrogens with two attached hydrogens (primary N) is 1. The number of nitrogens with zero attached hydrogens (tertiary/aromatic N) is 5. The number of carbonyl (C=O) groups excluding carboxylic acids is 1. The Bertz CT molecular complexity index is 1240. The molecule has 3 N–H and O–H groups in total. The molecular weight excluding hydrogens is 469 g/mol. The third-order valence-electron chi connectivity index (χ3n) is 6.32. The molecule has 0 saturated carbocycles. The van der Waals surface area contributed by atoms with Gasteiger partial charge in [-0.2, -0.15) is 0 Å². The van der Waals surface area contributed by atoms with Crippen LogP contribution < -0.4 is 16.0 Å². The summed E-state index contributed by atoms with van der Waals surface area (Å²) in [5, 5.41) is 3.38. The Morgan fingerprint density at radius 2 is 1.91 bits per heavy atom. The summed E-state index contributed by atoms with van der Waals surface area (Å²) in [6.45, 7) is 4.48. The zero-order valence-electron chi connectivity index (χ0n) is 20.2. The number of hydrogen-bond donors (Lipinski definition) is 2. The summed E-state index contributed by atoms with van der Waals surface area (Å²) in [4.78, 5) is 26.3. The lowest BCUT2D eigenvalue weighted by Crippen LogP contribution is -2.50. The highest BCUT2D eigenvalue weighted by molar-refractivity contribution is 6.32. The minimum absolute atomic E-state index is 0.116. The van der Waals surface area contributed by atoms with Crippen molar-refractivity contribution in [3.8, 4) is 11.1 Å². The molecule has 184 valence electrons. The third-order valence-corrected chi connectivity index (χ3v) is 6.62. The number of nitrogens with one attached hydrogen (secondary N) is 1. The van der Waals surface area contributed by atoms with Gasteiger partial charge in [-0.25, -0.2) is 14.4 Å². The number of benzene rings is 2. The molecule has 10 heteroatoms. The van der Waals surface area contributed by atoms with Crippen LogP contribution in [0.25, 0.3) is 11.1 Å². The van der Waals surface area contributed by atoms with E-state index in [1.165, 1.54) is 17.3 Å². The van der Waals surface area contributed by atoms with E-state index in [1.54, 1.807) is 44.4 Å². The zero-order chi connectivity index (χ0) is 25.3. The van der Waals surface area contributed by atoms with Gasteiger partial charge in [0.05, 0.1) is 11.4 Å². The fourth-order valence-corrected chi connectivity index (χ4v) is 4.20. The highest BCUT2D eigenvalue weighted by Gasteiger charge is 2.25. The van der Waals surface area contributed by atoms with Crippen LogP contribution in [0.4, 0.5) is 27.3 Å². The number of halogens is 2. The zero-order valence-corrected chi connectivity index (χ0v) is 21.0. The second kappa shape index (κ2) is 10.1. The van der Waals surface area contributed by atoms with Crippen molar-refractivity contribution in [2.45, 2.75) is 13.0 Å². The SMILES string of the molecule is C[C@H]1CN(c2cc(F)c(-c3ccc(C(=O)N(C)C)cc3)cc2Nc2ncnc(Cl)c2N)CCN1C. The van der Waals surface area contributed by atoms with Gasteiger partial charge in [0, 0.05) is 50.9 Å². The maximum atomic E-state index is 15.5. The first-order valence-corrected chi connectivity index (χ1v) is 11.7. The molecule has 4 rings (SSSR count). The first-order chi connectivity index (χ1) is 16.7. The van der Waals surface area contributed by atoms with Crippen LogP contribution in [0.1, 0.15) is 17.3 Å². The first-order valence-electron chi connectivity index (χ1n) is 11.3. The number of rotatable bonds is 5. The second-order valence-corrected chi connectivity index (χ2v) is 9.31. The molecule has 0 spiro atoms. The van der Waals surface area contributed by atoms with Crippen LogP contribution in [0, 0.1) is 5.82 Å². The van der Waals surface area contributed by atoms with E-state index >= 15 is 4.39 Å². The van der Waals surface area contributed by atoms with Gasteiger partial charge in [-0.15, -0.1) is 0 Å². The van der Waals surface area contributed by atoms with Crippen LogP contribution >= 0.6 is 11.6 Å². The van der Waals surface area contributed by atoms with Gasteiger partial charge in [-0.3, -0.25) is 4.79 Å². The molecule has 1 atom stereocenters. The highest BCUT2D eigenvalue weighted by atomic mass is 35.5. The number of carbonyl (C=O) groups is 1. The van der Waals surface area contributed by atoms with Crippen molar-refractivity contribution < 1.29 is 9.18 Å². The predicted octanol–water partition coefficient (Wildman–Crippen LogP) is 4.10. The van der Waals surface area contributed by atoms with Gasteiger partial charge in [0.25, 0.3) is 5.91 Å². The molecule has 1 amide bonds. The highest BCUT2D eigenvalue weighted by Crippen LogP contribution is 2.38. The molecule has 1 saturated heterocycles. The minimum Gasteiger partial charge on any atom is -0.393 e. The smallest absolute Gasteiger partial charge is 0.253 e. The van der Waals surface area contributed by atoms with Gasteiger partial charge in [0.1, 0.15) is 17.8 Å². The maximum absolute atomic E-state index is 15.5. The summed E-state index contributed by atoms with van der Waals surface area (Å²) in [5.74, 6) is -0.134. The first kappa shape index (κ1) is 24.7. The van der Waals surface area contributed by atoms with E-state index < -0.39 is 0 Å². The van der Waals surface area contributed by atoms with Gasteiger partial charge in [0.2, 0.25) is 0 Å². The Morgan fingerprint density at radius 1 is 1.20 bits per heavy atom. The van der Waals surface area contributed by atoms with Crippen LogP contribution in [0.5, 0.6) is 0 Å². The average molecular weight is 498 g/mol. The van der Waals surface area contributed by atoms with Crippen molar-refractivity contribution in [3.63, 3.8) is 0 Å². The van der Waals surface area contributed by atoms with Crippen LogP contribution in [-0.2, 0) is 0 Å². The number of anilines is 4. The molecular formula is C25H29ClFN7O. The van der Waals surface area contributed by atoms with Crippen LogP contribution in [-0.4, -0.2) is 72.5 Å². The van der Waals surface area contributed by atoms with Crippen molar-refractivity contribution >= 4 is 40.4 Å². The van der Waals surface area contributed by atoms with E-state index in [1.807, 2.05) is 0 Å². The van der Waals surface area contributed by atoms with Crippen molar-refractivity contribution in [1.29, 1.82) is 0 Å². The lowest BCUT2D eigenvalue weighted by atomic mass is 10.0. The molecule has 0 bridgehead atoms. The molecule has 2 aromatic carbocycles. The van der Waals surface area contributed by atoms with Crippen LogP contribution in [0.15, 0.2) is 42.7 Å². The summed E-state index contributed by atoms with van der Waals surface area (Å²) in [6, 6.07) is 10.5. The molecule has 0 radical (unpaired) electrons. The predicted molar refractivity (Wildman–Crippen MR) is 139 cm³/mol. The minimum atomic E-state index is -0.363. The second-order valence-electron chi connectivity index (χ2n) is 8.95. The lowest BCUT2D eigenvalue weighted by molar-refractivity contribution is 0.0827. The lowest BCUT2D eigenvalue weighted by Gasteiger charge is -2.39. The number of amides is 1. The largest absolute Gasteiger partial charge is 0.393 e. The summed E-state index contributed by atoms with van der Waals surface area (Å²) in [6.07, 6.45) is 1.32. The van der Waals surface area contributed by atoms with E-state index in [2.05, 4.69) is 39.1 Å². The number of piperazine rings is 1. The molecule has 2 heterocycles. The summed E-state index contributed by atoms with van der Waals surface area (Å²) < 4.78 is 15.5. The van der Waals surface area contributed by atoms with E-state index in [-0.39, 0.29) is 22.6 Å². The Labute approximate surface area is 209 Å². The maximum Gasteiger partial charge on any atom is 0.253 e. The fraction of sp³-hybridized carbons (Fsp3) is 0.320. The topological polar surface area (TPSA) is 90.6 Å². The molecule has 1 aliphatic heterocycles. The van der Waals surface area contributed by atoms with Crippen LogP contribution in [0.3, 0.4) is 0 Å². The van der Waals surface area contributed by atoms with E-state index in [4.69, 9.17) is 17.3 Å². The van der Waals surface area contributed by atoms with Crippen molar-refractivity contribution in [2.75, 3.05) is 56.7 Å². The number of likely N-dealkylation sites (N-methyl/N-ethyl adjacent to an activating group) is 1. The summed E-state index contributed by atoms with van der Waals surface area (Å²) in [7, 11) is 5.47. The summed E-state index contributed by atoms with van der Waals surface area (Å²) in [5.41, 5.74) is 9.23. The van der Waals surface area contributed by atoms with E-state index in [0.717, 1.165) is 19.6 Å². The van der Waals surface area contributed by atoms with Gasteiger partial charge in [-0.05, 0) is 43.8 Å². The standard InChI is InChI=1S/C25H29ClFN7O/c1-15-13-34(10-9-33(15)4)21-12-19(27)18(16-5-7-17(8-6-16)25(35)32(2)3)11-20(21)31-24-22(28)23(26)29-14-30-24/h5-8,11-12,14-15H,9-10,13,28H2,1-4H3,(H,29,30,31)/t15-/m0/s1. The molecule has 0 aliphatic carbocycles. The summed E-state index contributed by atoms with van der Waals surface area (Å²) >= 11 is 6.10. The monoisotopic (exact) mass is 497 g/mol. The number of nitrogen functional groups attached to an aromatic ring is 1. The Balaban J connectivity index is 1.77. The molecule has 1 aliphatic rings. The molecule has 1 fully saturated rings. The van der Waals surface area contributed by atoms with E-state index in [0.29, 0.717) is 39.9 Å². The Kier molecular flexibility index (Phi) is 7.09. The van der Waals surface area contributed by atoms with Crippen LogP contribution in [0.2, 0.25) is 5.15 Å². The van der Waals surface area contributed by atoms with Gasteiger partial charge in [0.15, 0.2) is 11.0 Å². The van der Waals surface area contributed by atoms with Crippen molar-refractivity contribution in [2.24, 2.45) is 0 Å². The van der Waals surface area contributed by atoms with E-state index in [9.17, 15) is 4.79 Å². The van der Waals surface area contributed by atoms with Gasteiger partial charge >= 0.3 is 0 Å². The average Bonchev–Trinajstić information content (AvgIpc) is 2.84. The molecule has 8 nitrogen and oxygen atoms in total. The Hall–Kier alpha value is -3.43. The van der Waals surface area contributed by atoms with Gasteiger partial charge < -0.3 is 25.8 Å². The van der Waals surface area contributed by atoms with Crippen molar-refractivity contribution in [1.82, 2.24) is 19.8 Å². The number of hydrogen-bond acceptors (Lipinski definition) is 7. The molecule has 0 unspecified atom stereocenters. The van der Waals surface area contributed by atoms with Crippen molar-refractivity contribution in [3.05, 3.63) is 59.3 Å². The third kappa shape index (κ3) is 5.16. The fourth-order valence-electron chi connectivity index (χ4n) is 4.06. The molecule has 1 aromatic heterocycles. The Morgan fingerprint density at radius 3 is 2.57 bits per heavy atom. The quantitative estimate of drug-likeness (QED) is 0.513.